The molecule has 2 amide bonds. The second kappa shape index (κ2) is 6.88. The van der Waals surface area contributed by atoms with Crippen LogP contribution in [0.2, 0.25) is 0 Å². The van der Waals surface area contributed by atoms with Crippen molar-refractivity contribution in [3.8, 4) is 5.75 Å². The van der Waals surface area contributed by atoms with E-state index in [9.17, 15) is 28.3 Å². The number of benzene rings is 1. The fourth-order valence-electron chi connectivity index (χ4n) is 4.77. The van der Waals surface area contributed by atoms with Gasteiger partial charge in [-0.05, 0) is 25.8 Å². The van der Waals surface area contributed by atoms with Crippen LogP contribution in [0, 0.1) is 11.6 Å². The number of carbonyl (C=O) groups is 2. The number of carbonyl (C=O) groups excluding carboxylic acids is 2. The number of pyridine rings is 1. The number of aromatic nitrogens is 1. The lowest BCUT2D eigenvalue weighted by atomic mass is 10.1. The van der Waals surface area contributed by atoms with Gasteiger partial charge in [0.15, 0.2) is 17.7 Å². The summed E-state index contributed by atoms with van der Waals surface area (Å²) in [6.45, 7) is 1.90. The molecule has 0 spiro atoms. The molecule has 4 heterocycles. The maximum absolute atomic E-state index is 13.9. The van der Waals surface area contributed by atoms with Gasteiger partial charge in [-0.15, -0.1) is 0 Å². The molecule has 5 rings (SSSR count). The summed E-state index contributed by atoms with van der Waals surface area (Å²) in [4.78, 5) is 40.3. The van der Waals surface area contributed by atoms with Crippen LogP contribution in [0.1, 0.15) is 51.5 Å². The summed E-state index contributed by atoms with van der Waals surface area (Å²) in [6, 6.07) is 2.45. The van der Waals surface area contributed by atoms with E-state index in [1.807, 2.05) is 6.92 Å². The monoisotopic (exact) mass is 431 g/mol. The van der Waals surface area contributed by atoms with Gasteiger partial charge in [0.1, 0.15) is 17.2 Å². The van der Waals surface area contributed by atoms with E-state index < -0.39 is 40.9 Å². The predicted molar refractivity (Wildman–Crippen MR) is 103 cm³/mol. The first kappa shape index (κ1) is 19.7. The maximum atomic E-state index is 13.9. The Morgan fingerprint density at radius 2 is 2.10 bits per heavy atom. The molecule has 3 aliphatic heterocycles. The number of aromatic hydroxyl groups is 1. The maximum Gasteiger partial charge on any atom is 0.276 e. The van der Waals surface area contributed by atoms with Gasteiger partial charge in [0, 0.05) is 23.9 Å². The van der Waals surface area contributed by atoms with Gasteiger partial charge in [0.25, 0.3) is 11.8 Å². The van der Waals surface area contributed by atoms with E-state index in [2.05, 4.69) is 5.32 Å². The van der Waals surface area contributed by atoms with Gasteiger partial charge in [0.2, 0.25) is 5.43 Å². The smallest absolute Gasteiger partial charge is 0.276 e. The van der Waals surface area contributed by atoms with E-state index in [-0.39, 0.29) is 35.4 Å². The van der Waals surface area contributed by atoms with Crippen molar-refractivity contribution in [2.24, 2.45) is 0 Å². The van der Waals surface area contributed by atoms with Crippen LogP contribution in [0.5, 0.6) is 5.75 Å². The van der Waals surface area contributed by atoms with E-state index in [1.165, 1.54) is 11.0 Å². The molecular weight excluding hydrogens is 412 g/mol. The van der Waals surface area contributed by atoms with Crippen LogP contribution in [0.4, 0.5) is 8.78 Å². The molecule has 1 aromatic carbocycles. The molecule has 3 unspecified atom stereocenters. The van der Waals surface area contributed by atoms with Crippen molar-refractivity contribution in [1.82, 2.24) is 14.8 Å². The summed E-state index contributed by atoms with van der Waals surface area (Å²) in [5.41, 5.74) is -0.962. The molecule has 0 saturated carbocycles. The Morgan fingerprint density at radius 3 is 2.84 bits per heavy atom. The van der Waals surface area contributed by atoms with Gasteiger partial charge in [-0.2, -0.15) is 0 Å². The molecule has 0 radical (unpaired) electrons. The third-order valence-corrected chi connectivity index (χ3v) is 6.20. The van der Waals surface area contributed by atoms with Crippen LogP contribution >= 0.6 is 0 Å². The zero-order chi connectivity index (χ0) is 22.0. The summed E-state index contributed by atoms with van der Waals surface area (Å²) in [7, 11) is 0. The molecule has 1 fully saturated rings. The second-order valence-electron chi connectivity index (χ2n) is 8.03. The Bertz CT molecular complexity index is 1190. The minimum absolute atomic E-state index is 0.0468. The lowest BCUT2D eigenvalue weighted by molar-refractivity contribution is -0.0144. The Balaban J connectivity index is 1.54. The van der Waals surface area contributed by atoms with E-state index in [0.717, 1.165) is 6.07 Å². The van der Waals surface area contributed by atoms with E-state index in [1.54, 1.807) is 4.57 Å². The minimum Gasteiger partial charge on any atom is -0.503 e. The molecule has 3 atom stereocenters. The van der Waals surface area contributed by atoms with Gasteiger partial charge in [0.05, 0.1) is 18.7 Å². The molecule has 1 aromatic heterocycles. The summed E-state index contributed by atoms with van der Waals surface area (Å²) >= 11 is 0. The minimum atomic E-state index is -0.946. The number of amides is 2. The molecular formula is C21H19F2N3O5. The van der Waals surface area contributed by atoms with Crippen LogP contribution in [-0.4, -0.2) is 45.3 Å². The standard InChI is InChI=1S/C21H19F2N3O5/c1-9-8-31-21-14-5-4-13-15(17(27)18(28)16(26(13)14)20(30)25(9)21)19(29)24-7-10-2-3-11(22)6-12(10)23/h2-3,6,9,14,21,28H,4-5,7-8H2,1H3,(H,24,29). The van der Waals surface area contributed by atoms with Crippen LogP contribution in [0.25, 0.3) is 0 Å². The summed E-state index contributed by atoms with van der Waals surface area (Å²) in [5, 5.41) is 13.0. The van der Waals surface area contributed by atoms with E-state index in [4.69, 9.17) is 4.74 Å². The van der Waals surface area contributed by atoms with Crippen molar-refractivity contribution in [3.05, 3.63) is 62.6 Å². The van der Waals surface area contributed by atoms with Crippen molar-refractivity contribution in [1.29, 1.82) is 0 Å². The molecule has 31 heavy (non-hydrogen) atoms. The number of ether oxygens (including phenoxy) is 1. The van der Waals surface area contributed by atoms with Gasteiger partial charge in [-0.25, -0.2) is 8.78 Å². The summed E-state index contributed by atoms with van der Waals surface area (Å²) in [5.74, 6) is -3.66. The van der Waals surface area contributed by atoms with Crippen LogP contribution in [0.3, 0.4) is 0 Å². The molecule has 0 aliphatic carbocycles. The number of hydrogen-bond donors (Lipinski definition) is 2. The van der Waals surface area contributed by atoms with Crippen molar-refractivity contribution >= 4 is 11.8 Å². The average molecular weight is 431 g/mol. The number of hydrogen-bond acceptors (Lipinski definition) is 5. The lowest BCUT2D eigenvalue weighted by Crippen LogP contribution is -2.50. The topological polar surface area (TPSA) is 101 Å². The first-order valence-electron chi connectivity index (χ1n) is 9.96. The molecule has 10 heteroatoms. The normalized spacial score (nSPS) is 23.6. The lowest BCUT2D eigenvalue weighted by Gasteiger charge is -2.38. The highest BCUT2D eigenvalue weighted by atomic mass is 19.1. The summed E-state index contributed by atoms with van der Waals surface area (Å²) in [6.07, 6.45) is 0.350. The van der Waals surface area contributed by atoms with Crippen molar-refractivity contribution in [3.63, 3.8) is 0 Å². The molecule has 3 aliphatic rings. The molecule has 2 N–H and O–H groups in total. The molecule has 1 saturated heterocycles. The first-order valence-corrected chi connectivity index (χ1v) is 9.96. The number of nitrogens with zero attached hydrogens (tertiary/aromatic N) is 2. The van der Waals surface area contributed by atoms with Crippen LogP contribution in [0.15, 0.2) is 23.0 Å². The quantitative estimate of drug-likeness (QED) is 0.766. The van der Waals surface area contributed by atoms with Gasteiger partial charge in [-0.3, -0.25) is 14.4 Å². The Kier molecular flexibility index (Phi) is 4.37. The number of nitrogens with one attached hydrogen (secondary N) is 1. The van der Waals surface area contributed by atoms with Gasteiger partial charge in [-0.1, -0.05) is 6.07 Å². The average Bonchev–Trinajstić information content (AvgIpc) is 3.31. The van der Waals surface area contributed by atoms with E-state index >= 15 is 0 Å². The number of fused-ring (bicyclic) bond motifs is 2. The van der Waals surface area contributed by atoms with E-state index in [0.29, 0.717) is 31.2 Å². The van der Waals surface area contributed by atoms with Crippen molar-refractivity contribution < 1.29 is 28.2 Å². The summed E-state index contributed by atoms with van der Waals surface area (Å²) < 4.78 is 34.3. The third-order valence-electron chi connectivity index (χ3n) is 6.20. The fourth-order valence-corrected chi connectivity index (χ4v) is 4.77. The molecule has 162 valence electrons. The fraction of sp³-hybridized carbons (Fsp3) is 0.381. The first-order chi connectivity index (χ1) is 14.8. The predicted octanol–water partition coefficient (Wildman–Crippen LogP) is 1.45. The SMILES string of the molecule is CC1COC2C3CCc4c(C(=O)NCc5ccc(F)cc5F)c(=O)c(O)c(n43)C(=O)N12. The second-order valence-corrected chi connectivity index (χ2v) is 8.03. The van der Waals surface area contributed by atoms with Crippen LogP contribution < -0.4 is 10.7 Å². The van der Waals surface area contributed by atoms with Gasteiger partial charge < -0.3 is 24.6 Å². The largest absolute Gasteiger partial charge is 0.503 e. The highest BCUT2D eigenvalue weighted by Gasteiger charge is 2.51. The number of rotatable bonds is 3. The van der Waals surface area contributed by atoms with Gasteiger partial charge >= 0.3 is 0 Å². The molecule has 2 aromatic rings. The zero-order valence-electron chi connectivity index (χ0n) is 16.5. The Morgan fingerprint density at radius 1 is 1.32 bits per heavy atom. The Hall–Kier alpha value is -3.27. The molecule has 8 nitrogen and oxygen atoms in total. The highest BCUT2D eigenvalue weighted by Crippen LogP contribution is 2.43. The third kappa shape index (κ3) is 2.78. The van der Waals surface area contributed by atoms with Crippen LogP contribution in [-0.2, 0) is 17.7 Å². The van der Waals surface area contributed by atoms with Crippen molar-refractivity contribution in [2.45, 2.75) is 44.6 Å². The Labute approximate surface area is 175 Å². The number of halogens is 2. The highest BCUT2D eigenvalue weighted by molar-refractivity contribution is 6.00. The van der Waals surface area contributed by atoms with Crippen molar-refractivity contribution in [2.75, 3.05) is 6.61 Å². The molecule has 0 bridgehead atoms. The zero-order valence-corrected chi connectivity index (χ0v) is 16.5.